The summed E-state index contributed by atoms with van der Waals surface area (Å²) in [6.07, 6.45) is -0.0237. The molecule has 3 N–H and O–H groups in total. The zero-order chi connectivity index (χ0) is 15.5. The topological polar surface area (TPSA) is 61.4 Å². The van der Waals surface area contributed by atoms with Gasteiger partial charge in [0.15, 0.2) is 0 Å². The predicted molar refractivity (Wildman–Crippen MR) is 85.7 cm³/mol. The Morgan fingerprint density at radius 1 is 1.23 bits per heavy atom. The van der Waals surface area contributed by atoms with E-state index in [1.54, 1.807) is 6.07 Å². The summed E-state index contributed by atoms with van der Waals surface area (Å²) in [6, 6.07) is 14.4. The van der Waals surface area contributed by atoms with E-state index in [4.69, 9.17) is 11.6 Å². The summed E-state index contributed by atoms with van der Waals surface area (Å²) in [6.45, 7) is 0.386. The Hall–Kier alpha value is -2.04. The van der Waals surface area contributed by atoms with Crippen LogP contribution in [-0.4, -0.2) is 17.2 Å². The van der Waals surface area contributed by atoms with Crippen molar-refractivity contribution in [2.24, 2.45) is 0 Å². The van der Waals surface area contributed by atoms with E-state index in [9.17, 15) is 9.90 Å². The van der Waals surface area contributed by atoms with Crippen LogP contribution in [0.4, 0.5) is 4.79 Å². The van der Waals surface area contributed by atoms with Crippen molar-refractivity contribution in [1.29, 1.82) is 0 Å². The lowest BCUT2D eigenvalue weighted by Gasteiger charge is -2.18. The number of rotatable bonds is 3. The molecule has 1 aliphatic rings. The first-order valence-electron chi connectivity index (χ1n) is 7.18. The number of hydrogen-bond acceptors (Lipinski definition) is 2. The third-order valence-corrected chi connectivity index (χ3v) is 4.07. The van der Waals surface area contributed by atoms with Crippen molar-refractivity contribution in [2.75, 3.05) is 0 Å². The maximum Gasteiger partial charge on any atom is 0.315 e. The van der Waals surface area contributed by atoms with Gasteiger partial charge < -0.3 is 15.7 Å². The smallest absolute Gasteiger partial charge is 0.315 e. The third kappa shape index (κ3) is 3.24. The molecule has 0 saturated heterocycles. The van der Waals surface area contributed by atoms with Crippen molar-refractivity contribution in [2.45, 2.75) is 25.1 Å². The molecule has 0 heterocycles. The maximum atomic E-state index is 12.0. The monoisotopic (exact) mass is 316 g/mol. The molecule has 5 heteroatoms. The normalized spacial score (nSPS) is 19.5. The number of amides is 2. The number of aliphatic hydroxyl groups is 1. The van der Waals surface area contributed by atoms with Crippen LogP contribution in [0.5, 0.6) is 0 Å². The molecular weight excluding hydrogens is 300 g/mol. The van der Waals surface area contributed by atoms with Gasteiger partial charge in [-0.2, -0.15) is 0 Å². The molecule has 2 amide bonds. The van der Waals surface area contributed by atoms with E-state index in [-0.39, 0.29) is 12.1 Å². The van der Waals surface area contributed by atoms with Crippen LogP contribution in [-0.2, 0) is 13.0 Å². The van der Waals surface area contributed by atoms with E-state index in [1.165, 1.54) is 0 Å². The molecule has 22 heavy (non-hydrogen) atoms. The quantitative estimate of drug-likeness (QED) is 0.815. The first kappa shape index (κ1) is 14.9. The summed E-state index contributed by atoms with van der Waals surface area (Å²) >= 11 is 5.91. The highest BCUT2D eigenvalue weighted by Gasteiger charge is 2.31. The van der Waals surface area contributed by atoms with Crippen molar-refractivity contribution in [3.8, 4) is 0 Å². The van der Waals surface area contributed by atoms with Crippen molar-refractivity contribution in [1.82, 2.24) is 10.6 Å². The van der Waals surface area contributed by atoms with E-state index >= 15 is 0 Å². The molecule has 0 saturated carbocycles. The first-order chi connectivity index (χ1) is 10.6. The van der Waals surface area contributed by atoms with E-state index in [0.29, 0.717) is 18.0 Å². The first-order valence-corrected chi connectivity index (χ1v) is 7.56. The lowest BCUT2D eigenvalue weighted by atomic mass is 10.1. The molecule has 0 radical (unpaired) electrons. The lowest BCUT2D eigenvalue weighted by Crippen LogP contribution is -2.40. The molecule has 0 aliphatic heterocycles. The second-order valence-corrected chi connectivity index (χ2v) is 5.84. The van der Waals surface area contributed by atoms with Gasteiger partial charge in [0.05, 0.1) is 12.1 Å². The Bertz CT molecular complexity index is 690. The molecule has 0 unspecified atom stereocenters. The summed E-state index contributed by atoms with van der Waals surface area (Å²) in [7, 11) is 0. The minimum absolute atomic E-state index is 0.305. The molecule has 2 atom stereocenters. The number of fused-ring (bicyclic) bond motifs is 1. The average Bonchev–Trinajstić information content (AvgIpc) is 2.81. The molecule has 2 aromatic carbocycles. The average molecular weight is 317 g/mol. The fraction of sp³-hybridized carbons (Fsp3) is 0.235. The molecule has 0 bridgehead atoms. The second-order valence-electron chi connectivity index (χ2n) is 5.40. The Balaban J connectivity index is 1.60. The summed E-state index contributed by atoms with van der Waals surface area (Å²) in [5, 5.41) is 16.4. The van der Waals surface area contributed by atoms with Crippen LogP contribution in [0.15, 0.2) is 48.5 Å². The van der Waals surface area contributed by atoms with Crippen LogP contribution in [0.25, 0.3) is 0 Å². The largest absolute Gasteiger partial charge is 0.390 e. The zero-order valence-electron chi connectivity index (χ0n) is 11.9. The molecule has 114 valence electrons. The van der Waals surface area contributed by atoms with E-state index in [0.717, 1.165) is 16.7 Å². The van der Waals surface area contributed by atoms with Gasteiger partial charge in [-0.05, 0) is 28.8 Å². The van der Waals surface area contributed by atoms with Gasteiger partial charge >= 0.3 is 6.03 Å². The highest BCUT2D eigenvalue weighted by Crippen LogP contribution is 2.31. The molecule has 0 spiro atoms. The number of benzene rings is 2. The highest BCUT2D eigenvalue weighted by atomic mass is 35.5. The number of aliphatic hydroxyl groups excluding tert-OH is 1. The Morgan fingerprint density at radius 3 is 2.86 bits per heavy atom. The number of urea groups is 1. The summed E-state index contributed by atoms with van der Waals surface area (Å²) in [5.74, 6) is 0. The number of nitrogens with one attached hydrogen (secondary N) is 2. The number of hydrogen-bond donors (Lipinski definition) is 3. The molecule has 3 rings (SSSR count). The van der Waals surface area contributed by atoms with Gasteiger partial charge in [0.2, 0.25) is 0 Å². The minimum atomic E-state index is -0.589. The van der Waals surface area contributed by atoms with Crippen molar-refractivity contribution in [3.63, 3.8) is 0 Å². The fourth-order valence-corrected chi connectivity index (χ4v) is 2.98. The van der Waals surface area contributed by atoms with Crippen LogP contribution in [0.1, 0.15) is 22.7 Å². The maximum absolute atomic E-state index is 12.0. The van der Waals surface area contributed by atoms with Gasteiger partial charge in [-0.1, -0.05) is 48.0 Å². The van der Waals surface area contributed by atoms with Crippen LogP contribution in [0.2, 0.25) is 5.02 Å². The standard InChI is InChI=1S/C17H17ClN2O2/c18-13-6-3-4-11(8-13)10-19-17(22)20-16-14-7-2-1-5-12(14)9-15(16)21/h1-8,15-16,21H,9-10H2,(H2,19,20,22)/t15-,16+/m0/s1. The van der Waals surface area contributed by atoms with E-state index in [1.807, 2.05) is 42.5 Å². The Kier molecular flexibility index (Phi) is 4.32. The minimum Gasteiger partial charge on any atom is -0.390 e. The van der Waals surface area contributed by atoms with E-state index < -0.39 is 6.10 Å². The molecule has 2 aromatic rings. The summed E-state index contributed by atoms with van der Waals surface area (Å²) in [5.41, 5.74) is 2.98. The van der Waals surface area contributed by atoms with Crippen LogP contribution in [0, 0.1) is 0 Å². The van der Waals surface area contributed by atoms with Crippen LogP contribution in [0.3, 0.4) is 0 Å². The van der Waals surface area contributed by atoms with Gasteiger partial charge in [0.25, 0.3) is 0 Å². The lowest BCUT2D eigenvalue weighted by molar-refractivity contribution is 0.142. The third-order valence-electron chi connectivity index (χ3n) is 3.83. The molecule has 0 fully saturated rings. The number of carbonyl (C=O) groups is 1. The number of carbonyl (C=O) groups excluding carboxylic acids is 1. The summed E-state index contributed by atoms with van der Waals surface area (Å²) < 4.78 is 0. The van der Waals surface area contributed by atoms with Gasteiger partial charge in [0.1, 0.15) is 0 Å². The molecule has 0 aromatic heterocycles. The van der Waals surface area contributed by atoms with E-state index in [2.05, 4.69) is 10.6 Å². The molecule has 1 aliphatic carbocycles. The van der Waals surface area contributed by atoms with Crippen molar-refractivity contribution in [3.05, 3.63) is 70.2 Å². The molecular formula is C17H17ClN2O2. The van der Waals surface area contributed by atoms with Gasteiger partial charge in [0, 0.05) is 18.0 Å². The predicted octanol–water partition coefficient (Wildman–Crippen LogP) is 2.80. The van der Waals surface area contributed by atoms with Crippen molar-refractivity contribution >= 4 is 17.6 Å². The van der Waals surface area contributed by atoms with Gasteiger partial charge in [-0.15, -0.1) is 0 Å². The number of halogens is 1. The molecule has 4 nitrogen and oxygen atoms in total. The highest BCUT2D eigenvalue weighted by molar-refractivity contribution is 6.30. The Morgan fingerprint density at radius 2 is 2.05 bits per heavy atom. The Labute approximate surface area is 134 Å². The zero-order valence-corrected chi connectivity index (χ0v) is 12.7. The van der Waals surface area contributed by atoms with Crippen LogP contribution >= 0.6 is 11.6 Å². The van der Waals surface area contributed by atoms with Crippen molar-refractivity contribution < 1.29 is 9.90 Å². The second kappa shape index (κ2) is 6.38. The SMILES string of the molecule is O=C(NCc1cccc(Cl)c1)N[C@@H]1c2ccccc2C[C@@H]1O. The van der Waals surface area contributed by atoms with Crippen LogP contribution < -0.4 is 10.6 Å². The van der Waals surface area contributed by atoms with Gasteiger partial charge in [-0.25, -0.2) is 4.79 Å². The fourth-order valence-electron chi connectivity index (χ4n) is 2.77. The summed E-state index contributed by atoms with van der Waals surface area (Å²) in [4.78, 5) is 12.0. The van der Waals surface area contributed by atoms with Gasteiger partial charge in [-0.3, -0.25) is 0 Å².